The average Bonchev–Trinajstić information content (AvgIpc) is 2.67. The predicted octanol–water partition coefficient (Wildman–Crippen LogP) is 2.69. The van der Waals surface area contributed by atoms with Crippen LogP contribution in [0.15, 0.2) is 35.3 Å². The lowest BCUT2D eigenvalue weighted by Gasteiger charge is -2.34. The molecule has 158 valence electrons. The summed E-state index contributed by atoms with van der Waals surface area (Å²) < 4.78 is 0. The van der Waals surface area contributed by atoms with E-state index in [2.05, 4.69) is 57.8 Å². The number of likely N-dealkylation sites (tertiary alicyclic amines) is 1. The highest BCUT2D eigenvalue weighted by Crippen LogP contribution is 2.13. The fraction of sp³-hybridized carbons (Fsp3) is 0.619. The molecule has 6 nitrogen and oxygen atoms in total. The summed E-state index contributed by atoms with van der Waals surface area (Å²) >= 11 is 0. The molecule has 28 heavy (non-hydrogen) atoms. The molecule has 1 atom stereocenters. The molecule has 1 aliphatic heterocycles. The molecule has 0 aliphatic carbocycles. The van der Waals surface area contributed by atoms with Crippen molar-refractivity contribution in [3.63, 3.8) is 0 Å². The summed E-state index contributed by atoms with van der Waals surface area (Å²) in [6.07, 6.45) is 4.52. The number of carbonyl (C=O) groups is 1. The fourth-order valence-electron chi connectivity index (χ4n) is 3.18. The van der Waals surface area contributed by atoms with Crippen molar-refractivity contribution in [2.45, 2.75) is 45.2 Å². The van der Waals surface area contributed by atoms with Gasteiger partial charge in [-0.25, -0.2) is 4.99 Å². The Labute approximate surface area is 187 Å². The van der Waals surface area contributed by atoms with Crippen LogP contribution in [0.25, 0.3) is 0 Å². The summed E-state index contributed by atoms with van der Waals surface area (Å²) in [5.74, 6) is 0.770. The van der Waals surface area contributed by atoms with Crippen LogP contribution in [0.3, 0.4) is 0 Å². The summed E-state index contributed by atoms with van der Waals surface area (Å²) in [7, 11) is 3.52. The maximum Gasteiger partial charge on any atom is 0.243 e. The van der Waals surface area contributed by atoms with E-state index >= 15 is 0 Å². The van der Waals surface area contributed by atoms with Crippen molar-refractivity contribution in [3.8, 4) is 0 Å². The van der Waals surface area contributed by atoms with Gasteiger partial charge >= 0.3 is 0 Å². The van der Waals surface area contributed by atoms with Gasteiger partial charge < -0.3 is 15.5 Å². The second-order valence-corrected chi connectivity index (χ2v) is 7.44. The third-order valence-corrected chi connectivity index (χ3v) is 4.79. The normalized spacial score (nSPS) is 17.5. The Morgan fingerprint density at radius 2 is 2.04 bits per heavy atom. The number of carbonyl (C=O) groups excluding carboxylic acids is 1. The van der Waals surface area contributed by atoms with Crippen LogP contribution in [0.1, 0.15) is 38.2 Å². The number of guanidine groups is 1. The first-order valence-electron chi connectivity index (χ1n) is 10.1. The van der Waals surface area contributed by atoms with E-state index in [9.17, 15) is 4.79 Å². The third-order valence-electron chi connectivity index (χ3n) is 4.79. The highest BCUT2D eigenvalue weighted by molar-refractivity contribution is 14.0. The molecular weight excluding hydrogens is 465 g/mol. The number of benzene rings is 1. The highest BCUT2D eigenvalue weighted by Gasteiger charge is 2.21. The maximum absolute atomic E-state index is 11.9. The Bertz CT molecular complexity index is 594. The molecule has 0 saturated carbocycles. The molecule has 2 N–H and O–H groups in total. The minimum Gasteiger partial charge on any atom is -0.356 e. The molecule has 2 rings (SSSR count). The summed E-state index contributed by atoms with van der Waals surface area (Å²) in [4.78, 5) is 20.5. The number of piperidine rings is 1. The van der Waals surface area contributed by atoms with Gasteiger partial charge in [-0.2, -0.15) is 0 Å². The molecule has 1 amide bonds. The van der Waals surface area contributed by atoms with Crippen LogP contribution in [0.4, 0.5) is 0 Å². The molecule has 0 bridgehead atoms. The molecule has 1 fully saturated rings. The second kappa shape index (κ2) is 13.8. The average molecular weight is 501 g/mol. The molecule has 7 heteroatoms. The molecule has 1 aromatic carbocycles. The molecule has 1 unspecified atom stereocenters. The summed E-state index contributed by atoms with van der Waals surface area (Å²) in [5, 5.41) is 6.93. The van der Waals surface area contributed by atoms with Gasteiger partial charge in [0.2, 0.25) is 5.91 Å². The third kappa shape index (κ3) is 9.23. The number of amides is 1. The number of likely N-dealkylation sites (N-methyl/N-ethyl adjacent to an activating group) is 1. The van der Waals surface area contributed by atoms with E-state index < -0.39 is 0 Å². The van der Waals surface area contributed by atoms with Crippen molar-refractivity contribution in [1.29, 1.82) is 0 Å². The largest absolute Gasteiger partial charge is 0.356 e. The Kier molecular flexibility index (Phi) is 12.1. The molecule has 1 aliphatic rings. The molecular formula is C21H36IN5O. The Hall–Kier alpha value is -1.35. The lowest BCUT2D eigenvalue weighted by Crippen LogP contribution is -2.51. The first-order chi connectivity index (χ1) is 13.1. The molecule has 1 aromatic rings. The maximum atomic E-state index is 11.9. The standard InChI is InChI=1S/C21H35N5O.HI/c1-4-5-13-22-21(23-15-20(27)25(2)3)24-19-12-9-14-26(17-19)16-18-10-7-6-8-11-18;/h6-8,10-11,19H,4-5,9,12-17H2,1-3H3,(H2,22,23,24);1H. The minimum atomic E-state index is 0. The first-order valence-corrected chi connectivity index (χ1v) is 10.1. The number of nitrogens with zero attached hydrogens (tertiary/aromatic N) is 3. The van der Waals surface area contributed by atoms with Gasteiger partial charge in [0.1, 0.15) is 6.54 Å². The van der Waals surface area contributed by atoms with Gasteiger partial charge in [-0.15, -0.1) is 24.0 Å². The van der Waals surface area contributed by atoms with E-state index in [1.807, 2.05) is 0 Å². The van der Waals surface area contributed by atoms with E-state index in [0.29, 0.717) is 6.04 Å². The van der Waals surface area contributed by atoms with Crippen LogP contribution in [0.5, 0.6) is 0 Å². The Morgan fingerprint density at radius 3 is 2.71 bits per heavy atom. The van der Waals surface area contributed by atoms with Gasteiger partial charge in [-0.1, -0.05) is 43.7 Å². The minimum absolute atomic E-state index is 0. The van der Waals surface area contributed by atoms with Crippen LogP contribution < -0.4 is 10.6 Å². The van der Waals surface area contributed by atoms with Crippen molar-refractivity contribution in [1.82, 2.24) is 20.4 Å². The zero-order valence-electron chi connectivity index (χ0n) is 17.5. The van der Waals surface area contributed by atoms with Crippen LogP contribution in [-0.2, 0) is 11.3 Å². The van der Waals surface area contributed by atoms with E-state index in [1.165, 1.54) is 12.0 Å². The zero-order valence-corrected chi connectivity index (χ0v) is 19.8. The molecule has 0 aromatic heterocycles. The number of aliphatic imine (C=N–C) groups is 1. The quantitative estimate of drug-likeness (QED) is 0.249. The predicted molar refractivity (Wildman–Crippen MR) is 127 cm³/mol. The molecule has 1 heterocycles. The SMILES string of the molecule is CCCCNC(=NCC(=O)N(C)C)NC1CCCN(Cc2ccccc2)C1.I. The monoisotopic (exact) mass is 501 g/mol. The zero-order chi connectivity index (χ0) is 19.5. The Morgan fingerprint density at radius 1 is 1.29 bits per heavy atom. The number of nitrogens with one attached hydrogen (secondary N) is 2. The van der Waals surface area contributed by atoms with Gasteiger partial charge in [-0.3, -0.25) is 9.69 Å². The van der Waals surface area contributed by atoms with Crippen LogP contribution in [0.2, 0.25) is 0 Å². The summed E-state index contributed by atoms with van der Waals surface area (Å²) in [6, 6.07) is 11.0. The van der Waals surface area contributed by atoms with Gasteiger partial charge in [-0.05, 0) is 31.4 Å². The molecule has 1 saturated heterocycles. The van der Waals surface area contributed by atoms with Gasteiger partial charge in [0.05, 0.1) is 0 Å². The van der Waals surface area contributed by atoms with Crippen molar-refractivity contribution in [3.05, 3.63) is 35.9 Å². The second-order valence-electron chi connectivity index (χ2n) is 7.44. The summed E-state index contributed by atoms with van der Waals surface area (Å²) in [5.41, 5.74) is 1.35. The lowest BCUT2D eigenvalue weighted by molar-refractivity contribution is -0.127. The van der Waals surface area contributed by atoms with E-state index in [-0.39, 0.29) is 36.4 Å². The van der Waals surface area contributed by atoms with Gasteiger partial charge in [0.15, 0.2) is 5.96 Å². The van der Waals surface area contributed by atoms with Crippen LogP contribution in [0, 0.1) is 0 Å². The molecule has 0 spiro atoms. The number of hydrogen-bond donors (Lipinski definition) is 2. The van der Waals surface area contributed by atoms with E-state index in [0.717, 1.165) is 51.4 Å². The number of unbranched alkanes of at least 4 members (excludes halogenated alkanes) is 1. The van der Waals surface area contributed by atoms with Crippen molar-refractivity contribution in [2.75, 3.05) is 40.3 Å². The van der Waals surface area contributed by atoms with Crippen molar-refractivity contribution in [2.24, 2.45) is 4.99 Å². The van der Waals surface area contributed by atoms with Crippen LogP contribution >= 0.6 is 24.0 Å². The van der Waals surface area contributed by atoms with E-state index in [1.54, 1.807) is 19.0 Å². The highest BCUT2D eigenvalue weighted by atomic mass is 127. The van der Waals surface area contributed by atoms with Crippen molar-refractivity contribution >= 4 is 35.8 Å². The van der Waals surface area contributed by atoms with Crippen LogP contribution in [-0.4, -0.2) is 68.0 Å². The fourth-order valence-corrected chi connectivity index (χ4v) is 3.18. The smallest absolute Gasteiger partial charge is 0.243 e. The van der Waals surface area contributed by atoms with Crippen molar-refractivity contribution < 1.29 is 4.79 Å². The topological polar surface area (TPSA) is 60.0 Å². The Balaban J connectivity index is 0.00000392. The van der Waals surface area contributed by atoms with Gasteiger partial charge in [0, 0.05) is 39.8 Å². The molecule has 0 radical (unpaired) electrons. The first kappa shape index (κ1) is 24.7. The number of hydrogen-bond acceptors (Lipinski definition) is 3. The number of halogens is 1. The van der Waals surface area contributed by atoms with Gasteiger partial charge in [0.25, 0.3) is 0 Å². The summed E-state index contributed by atoms with van der Waals surface area (Å²) in [6.45, 7) is 6.32. The van der Waals surface area contributed by atoms with E-state index in [4.69, 9.17) is 0 Å². The lowest BCUT2D eigenvalue weighted by atomic mass is 10.0. The number of rotatable bonds is 8.